The average molecular weight is 295 g/mol. The molecule has 1 aliphatic rings. The third kappa shape index (κ3) is 2.97. The van der Waals surface area contributed by atoms with Gasteiger partial charge in [-0.25, -0.2) is 8.78 Å². The van der Waals surface area contributed by atoms with E-state index in [1.165, 1.54) is 12.8 Å². The molecule has 1 aliphatic carbocycles. The summed E-state index contributed by atoms with van der Waals surface area (Å²) < 4.78 is 26.4. The summed E-state index contributed by atoms with van der Waals surface area (Å²) in [5.41, 5.74) is 2.13. The Kier molecular flexibility index (Phi) is 3.68. The first-order valence-electron chi connectivity index (χ1n) is 6.46. The molecule has 1 aromatic carbocycles. The molecule has 1 heterocycles. The summed E-state index contributed by atoms with van der Waals surface area (Å²) in [5, 5.41) is 3.56. The van der Waals surface area contributed by atoms with Gasteiger partial charge in [0.05, 0.1) is 5.02 Å². The van der Waals surface area contributed by atoms with E-state index in [1.807, 2.05) is 6.07 Å². The number of halogens is 3. The van der Waals surface area contributed by atoms with Crippen molar-refractivity contribution >= 4 is 11.6 Å². The van der Waals surface area contributed by atoms with Crippen LogP contribution in [-0.4, -0.2) is 11.0 Å². The van der Waals surface area contributed by atoms with Crippen molar-refractivity contribution in [2.75, 3.05) is 0 Å². The van der Waals surface area contributed by atoms with Crippen molar-refractivity contribution in [1.82, 2.24) is 10.3 Å². The molecule has 0 atom stereocenters. The number of rotatable bonds is 4. The fraction of sp³-hybridized carbons (Fsp3) is 0.267. The summed E-state index contributed by atoms with van der Waals surface area (Å²) >= 11 is 5.98. The van der Waals surface area contributed by atoms with Crippen LogP contribution in [0, 0.1) is 11.6 Å². The average Bonchev–Trinajstić information content (AvgIpc) is 3.25. The molecule has 1 aromatic heterocycles. The van der Waals surface area contributed by atoms with E-state index < -0.39 is 11.6 Å². The Morgan fingerprint density at radius 1 is 1.15 bits per heavy atom. The maximum absolute atomic E-state index is 13.3. The second-order valence-corrected chi connectivity index (χ2v) is 5.39. The van der Waals surface area contributed by atoms with Gasteiger partial charge < -0.3 is 5.32 Å². The van der Waals surface area contributed by atoms with Crippen LogP contribution in [0.4, 0.5) is 8.78 Å². The Labute approximate surface area is 120 Å². The van der Waals surface area contributed by atoms with Crippen LogP contribution >= 0.6 is 11.6 Å². The minimum absolute atomic E-state index is 0.179. The summed E-state index contributed by atoms with van der Waals surface area (Å²) in [6.45, 7) is 0.715. The van der Waals surface area contributed by atoms with Crippen LogP contribution in [-0.2, 0) is 6.54 Å². The maximum Gasteiger partial charge on any atom is 0.160 e. The van der Waals surface area contributed by atoms with Gasteiger partial charge in [0.25, 0.3) is 0 Å². The topological polar surface area (TPSA) is 24.9 Å². The molecule has 2 aromatic rings. The number of aromatic nitrogens is 1. The number of nitrogens with zero attached hydrogens (tertiary/aromatic N) is 1. The van der Waals surface area contributed by atoms with Gasteiger partial charge >= 0.3 is 0 Å². The molecule has 0 spiro atoms. The number of nitrogens with one attached hydrogen (secondary N) is 1. The van der Waals surface area contributed by atoms with E-state index in [0.29, 0.717) is 23.7 Å². The van der Waals surface area contributed by atoms with Crippen LogP contribution in [0.5, 0.6) is 0 Å². The molecule has 0 saturated heterocycles. The van der Waals surface area contributed by atoms with Crippen molar-refractivity contribution in [2.24, 2.45) is 0 Å². The number of benzene rings is 1. The molecule has 1 N–H and O–H groups in total. The molecule has 1 saturated carbocycles. The summed E-state index contributed by atoms with van der Waals surface area (Å²) in [6, 6.07) is 4.58. The Balaban J connectivity index is 1.89. The molecule has 5 heteroatoms. The first-order valence-corrected chi connectivity index (χ1v) is 6.83. The molecular formula is C15H13ClF2N2. The predicted molar refractivity (Wildman–Crippen MR) is 74.5 cm³/mol. The van der Waals surface area contributed by atoms with Crippen LogP contribution in [0.25, 0.3) is 11.1 Å². The van der Waals surface area contributed by atoms with Crippen LogP contribution in [0.1, 0.15) is 18.4 Å². The zero-order valence-corrected chi connectivity index (χ0v) is 11.4. The highest BCUT2D eigenvalue weighted by Gasteiger charge is 2.20. The van der Waals surface area contributed by atoms with Crippen LogP contribution < -0.4 is 5.32 Å². The van der Waals surface area contributed by atoms with Gasteiger partial charge in [-0.15, -0.1) is 0 Å². The molecule has 1 fully saturated rings. The van der Waals surface area contributed by atoms with Gasteiger partial charge in [0.1, 0.15) is 0 Å². The highest BCUT2D eigenvalue weighted by Crippen LogP contribution is 2.30. The SMILES string of the molecule is Fc1cc(Cl)c(-c2cncc(CNC3CC3)c2)cc1F. The quantitative estimate of drug-likeness (QED) is 0.864. The number of hydrogen-bond acceptors (Lipinski definition) is 2. The van der Waals surface area contributed by atoms with Gasteiger partial charge in [-0.05, 0) is 36.6 Å². The highest BCUT2D eigenvalue weighted by molar-refractivity contribution is 6.33. The number of hydrogen-bond donors (Lipinski definition) is 1. The molecule has 0 amide bonds. The standard InChI is InChI=1S/C15H13ClF2N2/c16-13-5-15(18)14(17)4-12(13)10-3-9(6-19-8-10)7-20-11-1-2-11/h3-6,8,11,20H,1-2,7H2. The van der Waals surface area contributed by atoms with Crippen molar-refractivity contribution in [2.45, 2.75) is 25.4 Å². The zero-order valence-electron chi connectivity index (χ0n) is 10.7. The van der Waals surface area contributed by atoms with E-state index in [4.69, 9.17) is 11.6 Å². The lowest BCUT2D eigenvalue weighted by Crippen LogP contribution is -2.15. The molecule has 20 heavy (non-hydrogen) atoms. The van der Waals surface area contributed by atoms with Crippen LogP contribution in [0.3, 0.4) is 0 Å². The largest absolute Gasteiger partial charge is 0.310 e. The lowest BCUT2D eigenvalue weighted by Gasteiger charge is -2.08. The fourth-order valence-electron chi connectivity index (χ4n) is 2.02. The van der Waals surface area contributed by atoms with Gasteiger partial charge in [0.2, 0.25) is 0 Å². The third-order valence-corrected chi connectivity index (χ3v) is 3.60. The van der Waals surface area contributed by atoms with Crippen LogP contribution in [0.2, 0.25) is 5.02 Å². The highest BCUT2D eigenvalue weighted by atomic mass is 35.5. The molecule has 0 aliphatic heterocycles. The summed E-state index contributed by atoms with van der Waals surface area (Å²) in [6.07, 6.45) is 5.77. The molecule has 2 nitrogen and oxygen atoms in total. The second kappa shape index (κ2) is 5.46. The van der Waals surface area contributed by atoms with Gasteiger partial charge in [-0.1, -0.05) is 11.6 Å². The molecule has 104 valence electrons. The Bertz CT molecular complexity index is 642. The molecule has 0 unspecified atom stereocenters. The lowest BCUT2D eigenvalue weighted by atomic mass is 10.1. The number of pyridine rings is 1. The van der Waals surface area contributed by atoms with Gasteiger partial charge in [0.15, 0.2) is 11.6 Å². The van der Waals surface area contributed by atoms with Crippen molar-refractivity contribution in [3.63, 3.8) is 0 Å². The summed E-state index contributed by atoms with van der Waals surface area (Å²) in [7, 11) is 0. The monoisotopic (exact) mass is 294 g/mol. The Hall–Kier alpha value is -1.52. The molecule has 3 rings (SSSR count). The van der Waals surface area contributed by atoms with Crippen molar-refractivity contribution in [3.05, 3.63) is 52.8 Å². The normalized spacial score (nSPS) is 14.6. The predicted octanol–water partition coefficient (Wildman–Crippen LogP) is 3.93. The minimum Gasteiger partial charge on any atom is -0.310 e. The van der Waals surface area contributed by atoms with Crippen molar-refractivity contribution in [3.8, 4) is 11.1 Å². The maximum atomic E-state index is 13.3. The molecular weight excluding hydrogens is 282 g/mol. The van der Waals surface area contributed by atoms with Crippen molar-refractivity contribution < 1.29 is 8.78 Å². The van der Waals surface area contributed by atoms with E-state index in [2.05, 4.69) is 10.3 Å². The molecule has 0 radical (unpaired) electrons. The molecule has 0 bridgehead atoms. The first kappa shape index (κ1) is 13.5. The Morgan fingerprint density at radius 2 is 1.90 bits per heavy atom. The van der Waals surface area contributed by atoms with E-state index in [9.17, 15) is 8.78 Å². The van der Waals surface area contributed by atoms with Crippen LogP contribution in [0.15, 0.2) is 30.6 Å². The van der Waals surface area contributed by atoms with Gasteiger partial charge in [-0.2, -0.15) is 0 Å². The van der Waals surface area contributed by atoms with Gasteiger partial charge in [-0.3, -0.25) is 4.98 Å². The third-order valence-electron chi connectivity index (χ3n) is 3.29. The first-order chi connectivity index (χ1) is 9.63. The summed E-state index contributed by atoms with van der Waals surface area (Å²) in [4.78, 5) is 4.14. The van der Waals surface area contributed by atoms with E-state index >= 15 is 0 Å². The zero-order chi connectivity index (χ0) is 14.1. The van der Waals surface area contributed by atoms with E-state index in [0.717, 1.165) is 17.7 Å². The smallest absolute Gasteiger partial charge is 0.160 e. The summed E-state index contributed by atoms with van der Waals surface area (Å²) in [5.74, 6) is -1.86. The fourth-order valence-corrected chi connectivity index (χ4v) is 2.28. The van der Waals surface area contributed by atoms with Crippen molar-refractivity contribution in [1.29, 1.82) is 0 Å². The lowest BCUT2D eigenvalue weighted by molar-refractivity contribution is 0.509. The Morgan fingerprint density at radius 3 is 2.65 bits per heavy atom. The second-order valence-electron chi connectivity index (χ2n) is 4.98. The van der Waals surface area contributed by atoms with E-state index in [-0.39, 0.29) is 5.02 Å². The van der Waals surface area contributed by atoms with E-state index in [1.54, 1.807) is 12.4 Å². The van der Waals surface area contributed by atoms with Gasteiger partial charge in [0, 0.05) is 36.1 Å². The minimum atomic E-state index is -0.946.